The van der Waals surface area contributed by atoms with E-state index in [4.69, 9.17) is 10.2 Å². The van der Waals surface area contributed by atoms with Crippen molar-refractivity contribution in [1.29, 1.82) is 0 Å². The molecule has 0 aliphatic heterocycles. The van der Waals surface area contributed by atoms with Gasteiger partial charge in [-0.2, -0.15) is 0 Å². The molecule has 0 amide bonds. The predicted molar refractivity (Wildman–Crippen MR) is 70.4 cm³/mol. The third-order valence-electron chi connectivity index (χ3n) is 3.94. The van der Waals surface area contributed by atoms with Gasteiger partial charge in [-0.15, -0.1) is 0 Å². The Morgan fingerprint density at radius 1 is 1.00 bits per heavy atom. The molecule has 1 saturated carbocycles. The van der Waals surface area contributed by atoms with Crippen molar-refractivity contribution in [1.82, 2.24) is 0 Å². The van der Waals surface area contributed by atoms with Crippen LogP contribution in [-0.2, 0) is 4.79 Å². The predicted octanol–water partition coefficient (Wildman–Crippen LogP) is 3.13. The number of rotatable bonds is 4. The fourth-order valence-electron chi connectivity index (χ4n) is 2.84. The highest BCUT2D eigenvalue weighted by Gasteiger charge is 2.23. The number of carbonyl (C=O) groups is 2. The molecule has 4 heteroatoms. The van der Waals surface area contributed by atoms with Gasteiger partial charge in [-0.3, -0.25) is 4.79 Å². The monoisotopic (exact) mass is 262 g/mol. The number of carboxylic acids is 2. The first-order valence-corrected chi connectivity index (χ1v) is 6.61. The number of hydrogen-bond donors (Lipinski definition) is 2. The summed E-state index contributed by atoms with van der Waals surface area (Å²) in [5, 5.41) is 17.6. The van der Waals surface area contributed by atoms with Crippen LogP contribution in [-0.4, -0.2) is 22.2 Å². The average molecular weight is 262 g/mol. The van der Waals surface area contributed by atoms with Gasteiger partial charge in [-0.1, -0.05) is 12.1 Å². The summed E-state index contributed by atoms with van der Waals surface area (Å²) in [6, 6.07) is 7.04. The molecule has 1 aromatic carbocycles. The van der Waals surface area contributed by atoms with Crippen LogP contribution in [0.1, 0.15) is 53.9 Å². The molecule has 0 aromatic heterocycles. The van der Waals surface area contributed by atoms with Crippen molar-refractivity contribution < 1.29 is 19.8 Å². The van der Waals surface area contributed by atoms with E-state index in [1.165, 1.54) is 5.56 Å². The lowest BCUT2D eigenvalue weighted by Gasteiger charge is -2.27. The maximum atomic E-state index is 10.8. The summed E-state index contributed by atoms with van der Waals surface area (Å²) < 4.78 is 0. The van der Waals surface area contributed by atoms with Gasteiger partial charge < -0.3 is 10.2 Å². The minimum atomic E-state index is -0.906. The summed E-state index contributed by atoms with van der Waals surface area (Å²) in [6.07, 6.45) is 4.13. The molecule has 19 heavy (non-hydrogen) atoms. The molecule has 0 heterocycles. The summed E-state index contributed by atoms with van der Waals surface area (Å²) in [7, 11) is 0. The Labute approximate surface area is 112 Å². The lowest BCUT2D eigenvalue weighted by molar-refractivity contribution is -0.138. The molecule has 1 fully saturated rings. The van der Waals surface area contributed by atoms with Crippen LogP contribution >= 0.6 is 0 Å². The molecule has 0 radical (unpaired) electrons. The van der Waals surface area contributed by atoms with Gasteiger partial charge >= 0.3 is 11.9 Å². The van der Waals surface area contributed by atoms with E-state index in [1.54, 1.807) is 12.1 Å². The van der Waals surface area contributed by atoms with Gasteiger partial charge in [0.15, 0.2) is 0 Å². The minimum absolute atomic E-state index is 0.269. The molecule has 102 valence electrons. The SMILES string of the molecule is O=C(O)CC1CCC(c2ccc(C(=O)O)cc2)CC1. The van der Waals surface area contributed by atoms with E-state index in [0.717, 1.165) is 25.7 Å². The van der Waals surface area contributed by atoms with E-state index in [9.17, 15) is 9.59 Å². The molecule has 1 aliphatic rings. The fourth-order valence-corrected chi connectivity index (χ4v) is 2.84. The summed E-state index contributed by atoms with van der Waals surface area (Å²) >= 11 is 0. The van der Waals surface area contributed by atoms with Crippen LogP contribution in [0.4, 0.5) is 0 Å². The molecule has 0 bridgehead atoms. The summed E-state index contributed by atoms with van der Waals surface area (Å²) in [4.78, 5) is 21.4. The van der Waals surface area contributed by atoms with Crippen molar-refractivity contribution in [3.8, 4) is 0 Å². The first kappa shape index (κ1) is 13.6. The van der Waals surface area contributed by atoms with E-state index in [-0.39, 0.29) is 6.42 Å². The van der Waals surface area contributed by atoms with Crippen LogP contribution < -0.4 is 0 Å². The normalized spacial score (nSPS) is 22.9. The van der Waals surface area contributed by atoms with E-state index < -0.39 is 11.9 Å². The third kappa shape index (κ3) is 3.56. The zero-order chi connectivity index (χ0) is 13.8. The lowest BCUT2D eigenvalue weighted by Crippen LogP contribution is -2.16. The van der Waals surface area contributed by atoms with Crippen molar-refractivity contribution in [3.63, 3.8) is 0 Å². The highest BCUT2D eigenvalue weighted by Crippen LogP contribution is 2.37. The minimum Gasteiger partial charge on any atom is -0.481 e. The summed E-state index contributed by atoms with van der Waals surface area (Å²) in [6.45, 7) is 0. The molecule has 0 saturated heterocycles. The molecule has 4 nitrogen and oxygen atoms in total. The second-order valence-corrected chi connectivity index (χ2v) is 5.24. The number of carboxylic acid groups (broad SMARTS) is 2. The van der Waals surface area contributed by atoms with Crippen LogP contribution in [0.5, 0.6) is 0 Å². The maximum absolute atomic E-state index is 10.8. The summed E-state index contributed by atoms with van der Waals surface area (Å²) in [5.74, 6) is -0.883. The molecule has 0 spiro atoms. The molecule has 1 aromatic rings. The zero-order valence-electron chi connectivity index (χ0n) is 10.7. The molecular formula is C15H18O4. The summed E-state index contributed by atoms with van der Waals surface area (Å²) in [5.41, 5.74) is 1.47. The molecular weight excluding hydrogens is 244 g/mol. The highest BCUT2D eigenvalue weighted by molar-refractivity contribution is 5.87. The third-order valence-corrected chi connectivity index (χ3v) is 3.94. The Morgan fingerprint density at radius 2 is 1.58 bits per heavy atom. The quantitative estimate of drug-likeness (QED) is 0.874. The average Bonchev–Trinajstić information content (AvgIpc) is 2.39. The van der Waals surface area contributed by atoms with Gasteiger partial charge in [0.05, 0.1) is 5.56 Å². The molecule has 0 atom stereocenters. The van der Waals surface area contributed by atoms with Crippen LogP contribution in [0.2, 0.25) is 0 Å². The van der Waals surface area contributed by atoms with Gasteiger partial charge in [0.1, 0.15) is 0 Å². The first-order valence-electron chi connectivity index (χ1n) is 6.61. The van der Waals surface area contributed by atoms with Crippen molar-refractivity contribution in [3.05, 3.63) is 35.4 Å². The number of benzene rings is 1. The van der Waals surface area contributed by atoms with Crippen LogP contribution in [0.15, 0.2) is 24.3 Å². The smallest absolute Gasteiger partial charge is 0.335 e. The highest BCUT2D eigenvalue weighted by atomic mass is 16.4. The molecule has 0 unspecified atom stereocenters. The van der Waals surface area contributed by atoms with Crippen molar-refractivity contribution in [2.24, 2.45) is 5.92 Å². The molecule has 2 N–H and O–H groups in total. The number of aliphatic carboxylic acids is 1. The van der Waals surface area contributed by atoms with E-state index in [1.807, 2.05) is 12.1 Å². The van der Waals surface area contributed by atoms with Crippen molar-refractivity contribution >= 4 is 11.9 Å². The number of hydrogen-bond acceptors (Lipinski definition) is 2. The van der Waals surface area contributed by atoms with Gasteiger partial charge in [-0.05, 0) is 55.2 Å². The van der Waals surface area contributed by atoms with E-state index in [2.05, 4.69) is 0 Å². The van der Waals surface area contributed by atoms with E-state index in [0.29, 0.717) is 17.4 Å². The fraction of sp³-hybridized carbons (Fsp3) is 0.467. The Kier molecular flexibility index (Phi) is 4.20. The van der Waals surface area contributed by atoms with E-state index >= 15 is 0 Å². The first-order chi connectivity index (χ1) is 9.06. The van der Waals surface area contributed by atoms with Crippen LogP contribution in [0.3, 0.4) is 0 Å². The second-order valence-electron chi connectivity index (χ2n) is 5.24. The van der Waals surface area contributed by atoms with Gasteiger partial charge in [0.2, 0.25) is 0 Å². The molecule has 2 rings (SSSR count). The van der Waals surface area contributed by atoms with Crippen LogP contribution in [0, 0.1) is 5.92 Å². The number of aromatic carboxylic acids is 1. The topological polar surface area (TPSA) is 74.6 Å². The Balaban J connectivity index is 1.94. The van der Waals surface area contributed by atoms with Crippen molar-refractivity contribution in [2.45, 2.75) is 38.0 Å². The zero-order valence-corrected chi connectivity index (χ0v) is 10.7. The Bertz CT molecular complexity index is 456. The van der Waals surface area contributed by atoms with Gasteiger partial charge in [0.25, 0.3) is 0 Å². The maximum Gasteiger partial charge on any atom is 0.335 e. The van der Waals surface area contributed by atoms with Crippen molar-refractivity contribution in [2.75, 3.05) is 0 Å². The van der Waals surface area contributed by atoms with Gasteiger partial charge in [-0.25, -0.2) is 4.79 Å². The van der Waals surface area contributed by atoms with Gasteiger partial charge in [0, 0.05) is 6.42 Å². The lowest BCUT2D eigenvalue weighted by atomic mass is 9.77. The Morgan fingerprint density at radius 3 is 2.05 bits per heavy atom. The Hall–Kier alpha value is -1.84. The standard InChI is InChI=1S/C15H18O4/c16-14(17)9-10-1-3-11(4-2-10)12-5-7-13(8-6-12)15(18)19/h5-8,10-11H,1-4,9H2,(H,16,17)(H,18,19). The molecule has 1 aliphatic carbocycles. The largest absolute Gasteiger partial charge is 0.481 e. The second kappa shape index (κ2) is 5.87. The van der Waals surface area contributed by atoms with Crippen LogP contribution in [0.25, 0.3) is 0 Å².